The smallest absolute Gasteiger partial charge is 0.124 e. The van der Waals surface area contributed by atoms with E-state index < -0.39 is 0 Å². The fraction of sp³-hybridized carbons (Fsp3) is 0.455. The molecule has 1 saturated heterocycles. The maximum absolute atomic E-state index is 12.8. The van der Waals surface area contributed by atoms with Crippen molar-refractivity contribution in [2.75, 3.05) is 18.5 Å². The van der Waals surface area contributed by atoms with Gasteiger partial charge >= 0.3 is 0 Å². The SMILES string of the molecule is Fc1ccc(NCC2CCCO2)c(I)c1. The molecule has 1 aromatic carbocycles. The molecule has 0 saturated carbocycles. The minimum Gasteiger partial charge on any atom is -0.382 e. The molecular weight excluding hydrogens is 308 g/mol. The van der Waals surface area contributed by atoms with E-state index in [0.29, 0.717) is 6.10 Å². The van der Waals surface area contributed by atoms with Crippen molar-refractivity contribution >= 4 is 28.3 Å². The second kappa shape index (κ2) is 5.12. The van der Waals surface area contributed by atoms with Gasteiger partial charge in [0.25, 0.3) is 0 Å². The van der Waals surface area contributed by atoms with Crippen LogP contribution >= 0.6 is 22.6 Å². The van der Waals surface area contributed by atoms with E-state index in [9.17, 15) is 4.39 Å². The Balaban J connectivity index is 1.92. The van der Waals surface area contributed by atoms with Gasteiger partial charge in [-0.05, 0) is 53.6 Å². The molecule has 0 aromatic heterocycles. The van der Waals surface area contributed by atoms with Crippen molar-refractivity contribution < 1.29 is 9.13 Å². The van der Waals surface area contributed by atoms with Crippen molar-refractivity contribution in [3.63, 3.8) is 0 Å². The summed E-state index contributed by atoms with van der Waals surface area (Å²) in [7, 11) is 0. The predicted molar refractivity (Wildman–Crippen MR) is 66.6 cm³/mol. The molecule has 0 amide bonds. The number of benzene rings is 1. The molecule has 1 aromatic rings. The van der Waals surface area contributed by atoms with Gasteiger partial charge in [0, 0.05) is 22.4 Å². The number of anilines is 1. The fourth-order valence-corrected chi connectivity index (χ4v) is 2.33. The zero-order valence-electron chi connectivity index (χ0n) is 8.30. The maximum atomic E-state index is 12.8. The van der Waals surface area contributed by atoms with Crippen LogP contribution < -0.4 is 5.32 Å². The van der Waals surface area contributed by atoms with Gasteiger partial charge < -0.3 is 10.1 Å². The van der Waals surface area contributed by atoms with Crippen LogP contribution in [-0.4, -0.2) is 19.3 Å². The Labute approximate surface area is 102 Å². The molecule has 4 heteroatoms. The van der Waals surface area contributed by atoms with Crippen LogP contribution in [0.5, 0.6) is 0 Å². The van der Waals surface area contributed by atoms with Gasteiger partial charge in [-0.2, -0.15) is 0 Å². The number of hydrogen-bond acceptors (Lipinski definition) is 2. The molecule has 1 atom stereocenters. The summed E-state index contributed by atoms with van der Waals surface area (Å²) in [6.45, 7) is 1.68. The molecule has 1 aliphatic rings. The molecule has 1 aliphatic heterocycles. The highest BCUT2D eigenvalue weighted by atomic mass is 127. The van der Waals surface area contributed by atoms with E-state index >= 15 is 0 Å². The topological polar surface area (TPSA) is 21.3 Å². The molecule has 0 radical (unpaired) electrons. The van der Waals surface area contributed by atoms with Crippen LogP contribution in [0.1, 0.15) is 12.8 Å². The number of halogens is 2. The monoisotopic (exact) mass is 321 g/mol. The summed E-state index contributed by atoms with van der Waals surface area (Å²) in [4.78, 5) is 0. The molecule has 1 unspecified atom stereocenters. The van der Waals surface area contributed by atoms with Gasteiger partial charge in [-0.1, -0.05) is 0 Å². The second-order valence-corrected chi connectivity index (χ2v) is 4.80. The van der Waals surface area contributed by atoms with Gasteiger partial charge in [-0.15, -0.1) is 0 Å². The summed E-state index contributed by atoms with van der Waals surface area (Å²) in [5.74, 6) is -0.193. The van der Waals surface area contributed by atoms with E-state index in [1.165, 1.54) is 12.1 Å². The van der Waals surface area contributed by atoms with Crippen molar-refractivity contribution in [1.82, 2.24) is 0 Å². The van der Waals surface area contributed by atoms with Crippen molar-refractivity contribution in [2.24, 2.45) is 0 Å². The third-order valence-corrected chi connectivity index (χ3v) is 3.37. The van der Waals surface area contributed by atoms with Crippen molar-refractivity contribution in [3.05, 3.63) is 27.6 Å². The maximum Gasteiger partial charge on any atom is 0.124 e. The van der Waals surface area contributed by atoms with E-state index in [1.807, 2.05) is 0 Å². The number of ether oxygens (including phenoxy) is 1. The fourth-order valence-electron chi connectivity index (χ4n) is 1.66. The summed E-state index contributed by atoms with van der Waals surface area (Å²) < 4.78 is 19.2. The van der Waals surface area contributed by atoms with E-state index in [2.05, 4.69) is 27.9 Å². The Bertz CT molecular complexity index is 339. The van der Waals surface area contributed by atoms with Crippen LogP contribution in [0.25, 0.3) is 0 Å². The third kappa shape index (κ3) is 3.04. The lowest BCUT2D eigenvalue weighted by molar-refractivity contribution is 0.120. The van der Waals surface area contributed by atoms with E-state index in [-0.39, 0.29) is 5.82 Å². The highest BCUT2D eigenvalue weighted by molar-refractivity contribution is 14.1. The van der Waals surface area contributed by atoms with Crippen LogP contribution in [0.15, 0.2) is 18.2 Å². The average molecular weight is 321 g/mol. The summed E-state index contributed by atoms with van der Waals surface area (Å²) in [5, 5.41) is 3.28. The first-order chi connectivity index (χ1) is 7.25. The molecule has 2 nitrogen and oxygen atoms in total. The number of nitrogens with one attached hydrogen (secondary N) is 1. The summed E-state index contributed by atoms with van der Waals surface area (Å²) in [6, 6.07) is 4.77. The van der Waals surface area contributed by atoms with Gasteiger partial charge in [-0.25, -0.2) is 4.39 Å². The highest BCUT2D eigenvalue weighted by Gasteiger charge is 2.15. The highest BCUT2D eigenvalue weighted by Crippen LogP contribution is 2.20. The summed E-state index contributed by atoms with van der Waals surface area (Å²) in [6.07, 6.45) is 2.57. The van der Waals surface area contributed by atoms with Gasteiger partial charge in [0.1, 0.15) is 5.82 Å². The van der Waals surface area contributed by atoms with Gasteiger partial charge in [0.15, 0.2) is 0 Å². The average Bonchev–Trinajstić information content (AvgIpc) is 2.69. The predicted octanol–water partition coefficient (Wildman–Crippen LogP) is 3.02. The van der Waals surface area contributed by atoms with Crippen LogP contribution in [0, 0.1) is 9.39 Å². The lowest BCUT2D eigenvalue weighted by atomic mass is 10.2. The molecule has 0 bridgehead atoms. The quantitative estimate of drug-likeness (QED) is 0.864. The van der Waals surface area contributed by atoms with E-state index in [0.717, 1.165) is 35.3 Å². The van der Waals surface area contributed by atoms with Gasteiger partial charge in [0.2, 0.25) is 0 Å². The van der Waals surface area contributed by atoms with E-state index in [1.54, 1.807) is 6.07 Å². The Kier molecular flexibility index (Phi) is 3.80. The number of rotatable bonds is 3. The van der Waals surface area contributed by atoms with Crippen molar-refractivity contribution in [2.45, 2.75) is 18.9 Å². The standard InChI is InChI=1S/C11H13FINO/c12-8-3-4-11(10(13)6-8)14-7-9-2-1-5-15-9/h3-4,6,9,14H,1-2,5,7H2. The minimum absolute atomic E-state index is 0.193. The first-order valence-corrected chi connectivity index (χ1v) is 6.14. The van der Waals surface area contributed by atoms with Crippen molar-refractivity contribution in [1.29, 1.82) is 0 Å². The molecule has 15 heavy (non-hydrogen) atoms. The van der Waals surface area contributed by atoms with Gasteiger partial charge in [0.05, 0.1) is 6.10 Å². The normalized spacial score (nSPS) is 20.5. The largest absolute Gasteiger partial charge is 0.382 e. The molecular formula is C11H13FINO. The Morgan fingerprint density at radius 3 is 3.07 bits per heavy atom. The molecule has 1 heterocycles. The van der Waals surface area contributed by atoms with Gasteiger partial charge in [-0.3, -0.25) is 0 Å². The Morgan fingerprint density at radius 1 is 1.53 bits per heavy atom. The summed E-state index contributed by atoms with van der Waals surface area (Å²) >= 11 is 2.13. The Hall–Kier alpha value is -0.360. The first-order valence-electron chi connectivity index (χ1n) is 5.06. The summed E-state index contributed by atoms with van der Waals surface area (Å²) in [5.41, 5.74) is 0.979. The van der Waals surface area contributed by atoms with Crippen LogP contribution in [0.3, 0.4) is 0 Å². The molecule has 2 rings (SSSR count). The molecule has 0 spiro atoms. The second-order valence-electron chi connectivity index (χ2n) is 3.64. The lowest BCUT2D eigenvalue weighted by Crippen LogP contribution is -2.18. The Morgan fingerprint density at radius 2 is 2.40 bits per heavy atom. The first kappa shape index (κ1) is 11.1. The third-order valence-electron chi connectivity index (χ3n) is 2.48. The number of hydrogen-bond donors (Lipinski definition) is 1. The molecule has 1 fully saturated rings. The van der Waals surface area contributed by atoms with Crippen molar-refractivity contribution in [3.8, 4) is 0 Å². The lowest BCUT2D eigenvalue weighted by Gasteiger charge is -2.13. The minimum atomic E-state index is -0.193. The van der Waals surface area contributed by atoms with E-state index in [4.69, 9.17) is 4.74 Å². The molecule has 0 aliphatic carbocycles. The molecule has 1 N–H and O–H groups in total. The zero-order chi connectivity index (χ0) is 10.7. The van der Waals surface area contributed by atoms with Crippen LogP contribution in [0.4, 0.5) is 10.1 Å². The molecule has 82 valence electrons. The zero-order valence-corrected chi connectivity index (χ0v) is 10.5. The van der Waals surface area contributed by atoms with Crippen LogP contribution in [0.2, 0.25) is 0 Å². The van der Waals surface area contributed by atoms with Crippen LogP contribution in [-0.2, 0) is 4.74 Å².